The summed E-state index contributed by atoms with van der Waals surface area (Å²) in [6.45, 7) is 3.10. The van der Waals surface area contributed by atoms with Crippen molar-refractivity contribution >= 4 is 22.8 Å². The molecule has 1 amide bonds. The molecule has 1 N–H and O–H groups in total. The zero-order chi connectivity index (χ0) is 20.7. The number of nitrogens with one attached hydrogen (secondary N) is 1. The fourth-order valence-electron chi connectivity index (χ4n) is 3.74. The van der Waals surface area contributed by atoms with E-state index in [1.54, 1.807) is 10.9 Å². The topological polar surface area (TPSA) is 83.2 Å². The first-order valence-electron chi connectivity index (χ1n) is 9.80. The summed E-state index contributed by atoms with van der Waals surface area (Å²) in [5, 5.41) is 12.8. The van der Waals surface area contributed by atoms with Gasteiger partial charge in [-0.15, -0.1) is 0 Å². The van der Waals surface area contributed by atoms with E-state index in [0.717, 1.165) is 39.0 Å². The quantitative estimate of drug-likeness (QED) is 0.555. The number of carbonyl (C=O) groups is 1. The number of ether oxygens (including phenoxy) is 2. The molecular formula is C22H21N5O3. The van der Waals surface area contributed by atoms with Gasteiger partial charge in [0.1, 0.15) is 30.5 Å². The molecule has 0 aliphatic carbocycles. The molecule has 0 bridgehead atoms. The van der Waals surface area contributed by atoms with Crippen LogP contribution in [0.1, 0.15) is 18.1 Å². The Kier molecular flexibility index (Phi) is 4.39. The number of para-hydroxylation sites is 1. The number of carbonyl (C=O) groups excluding carboxylic acids is 1. The van der Waals surface area contributed by atoms with E-state index in [9.17, 15) is 4.79 Å². The summed E-state index contributed by atoms with van der Waals surface area (Å²) in [5.74, 6) is 1.40. The third kappa shape index (κ3) is 3.06. The molecule has 8 nitrogen and oxygen atoms in total. The number of aromatic nitrogens is 4. The lowest BCUT2D eigenvalue weighted by molar-refractivity contribution is 0.155. The second-order valence-electron chi connectivity index (χ2n) is 7.14. The number of aryl methyl sites for hydroxylation is 2. The predicted molar refractivity (Wildman–Crippen MR) is 112 cm³/mol. The molecule has 1 aliphatic rings. The highest BCUT2D eigenvalue weighted by Gasteiger charge is 2.26. The third-order valence-corrected chi connectivity index (χ3v) is 5.27. The molecule has 5 rings (SSSR count). The van der Waals surface area contributed by atoms with Crippen LogP contribution < -0.4 is 10.1 Å². The normalized spacial score (nSPS) is 12.2. The van der Waals surface area contributed by atoms with Crippen molar-refractivity contribution in [2.24, 2.45) is 7.05 Å². The van der Waals surface area contributed by atoms with Crippen LogP contribution in [0.2, 0.25) is 0 Å². The van der Waals surface area contributed by atoms with E-state index in [1.807, 2.05) is 61.1 Å². The van der Waals surface area contributed by atoms with Gasteiger partial charge in [0.25, 0.3) is 0 Å². The molecule has 0 atom stereocenters. The maximum Gasteiger partial charge on any atom is 0.413 e. The van der Waals surface area contributed by atoms with Crippen LogP contribution in [0.25, 0.3) is 22.2 Å². The minimum Gasteiger partial charge on any atom is -0.488 e. The highest BCUT2D eigenvalue weighted by molar-refractivity contribution is 5.87. The van der Waals surface area contributed by atoms with Gasteiger partial charge >= 0.3 is 6.09 Å². The molecule has 0 fully saturated rings. The summed E-state index contributed by atoms with van der Waals surface area (Å²) in [4.78, 5) is 12.5. The zero-order valence-electron chi connectivity index (χ0n) is 16.8. The van der Waals surface area contributed by atoms with E-state index in [4.69, 9.17) is 9.47 Å². The molecule has 4 aromatic rings. The maximum absolute atomic E-state index is 12.5. The van der Waals surface area contributed by atoms with Crippen molar-refractivity contribution in [1.29, 1.82) is 0 Å². The Morgan fingerprint density at radius 2 is 2.13 bits per heavy atom. The van der Waals surface area contributed by atoms with Gasteiger partial charge in [0, 0.05) is 24.5 Å². The van der Waals surface area contributed by atoms with Gasteiger partial charge in [0.2, 0.25) is 0 Å². The van der Waals surface area contributed by atoms with Crippen molar-refractivity contribution in [3.63, 3.8) is 0 Å². The van der Waals surface area contributed by atoms with Crippen molar-refractivity contribution < 1.29 is 14.3 Å². The number of nitrogens with zero attached hydrogens (tertiary/aromatic N) is 4. The number of amides is 1. The van der Waals surface area contributed by atoms with Gasteiger partial charge in [0.05, 0.1) is 17.3 Å². The smallest absolute Gasteiger partial charge is 0.413 e. The second kappa shape index (κ2) is 7.22. The Morgan fingerprint density at radius 3 is 3.00 bits per heavy atom. The van der Waals surface area contributed by atoms with Crippen LogP contribution >= 0.6 is 0 Å². The van der Waals surface area contributed by atoms with E-state index in [0.29, 0.717) is 19.0 Å². The lowest BCUT2D eigenvalue weighted by Gasteiger charge is -2.17. The van der Waals surface area contributed by atoms with E-state index in [1.165, 1.54) is 0 Å². The van der Waals surface area contributed by atoms with E-state index < -0.39 is 6.09 Å². The molecule has 1 aliphatic heterocycles. The summed E-state index contributed by atoms with van der Waals surface area (Å²) >= 11 is 0. The van der Waals surface area contributed by atoms with Crippen molar-refractivity contribution in [2.75, 3.05) is 5.32 Å². The summed E-state index contributed by atoms with van der Waals surface area (Å²) in [6.07, 6.45) is 1.26. The molecule has 0 spiro atoms. The predicted octanol–water partition coefficient (Wildman–Crippen LogP) is 4.10. The van der Waals surface area contributed by atoms with Gasteiger partial charge in [0.15, 0.2) is 0 Å². The fraction of sp³-hybridized carbons (Fsp3) is 0.227. The first-order valence-corrected chi connectivity index (χ1v) is 9.80. The monoisotopic (exact) mass is 403 g/mol. The SMILES string of the molecule is CCn1nc2c(c1NC(=O)OCc1ccc3c(cnn3C)c1)COc1ccccc1-2. The molecule has 0 saturated carbocycles. The van der Waals surface area contributed by atoms with Crippen molar-refractivity contribution in [2.45, 2.75) is 26.7 Å². The van der Waals surface area contributed by atoms with Crippen LogP contribution in [-0.2, 0) is 31.5 Å². The van der Waals surface area contributed by atoms with E-state index in [-0.39, 0.29) is 6.61 Å². The molecule has 2 aromatic carbocycles. The Labute approximate surface area is 173 Å². The minimum atomic E-state index is -0.530. The number of benzene rings is 2. The average molecular weight is 403 g/mol. The second-order valence-corrected chi connectivity index (χ2v) is 7.14. The van der Waals surface area contributed by atoms with Crippen LogP contribution in [0.15, 0.2) is 48.7 Å². The van der Waals surface area contributed by atoms with Crippen LogP contribution in [0.4, 0.5) is 10.6 Å². The van der Waals surface area contributed by atoms with Crippen molar-refractivity contribution in [1.82, 2.24) is 19.6 Å². The molecule has 2 aromatic heterocycles. The van der Waals surface area contributed by atoms with Gasteiger partial charge in [-0.1, -0.05) is 18.2 Å². The molecular weight excluding hydrogens is 382 g/mol. The molecule has 0 unspecified atom stereocenters. The van der Waals surface area contributed by atoms with E-state index >= 15 is 0 Å². The first kappa shape index (κ1) is 18.2. The van der Waals surface area contributed by atoms with E-state index in [2.05, 4.69) is 15.5 Å². The number of hydrogen-bond acceptors (Lipinski definition) is 5. The number of rotatable bonds is 4. The van der Waals surface area contributed by atoms with Crippen LogP contribution in [0.3, 0.4) is 0 Å². The minimum absolute atomic E-state index is 0.165. The zero-order valence-corrected chi connectivity index (χ0v) is 16.8. The van der Waals surface area contributed by atoms with Crippen LogP contribution in [0.5, 0.6) is 5.75 Å². The Balaban J connectivity index is 1.34. The largest absolute Gasteiger partial charge is 0.488 e. The van der Waals surface area contributed by atoms with Crippen LogP contribution in [0, 0.1) is 0 Å². The molecule has 0 saturated heterocycles. The fourth-order valence-corrected chi connectivity index (χ4v) is 3.74. The lowest BCUT2D eigenvalue weighted by atomic mass is 10.0. The van der Waals surface area contributed by atoms with Crippen molar-refractivity contribution in [3.8, 4) is 17.0 Å². The highest BCUT2D eigenvalue weighted by atomic mass is 16.5. The average Bonchev–Trinajstić information content (AvgIpc) is 3.32. The van der Waals surface area contributed by atoms with Crippen molar-refractivity contribution in [3.05, 3.63) is 59.8 Å². The van der Waals surface area contributed by atoms with Gasteiger partial charge < -0.3 is 9.47 Å². The van der Waals surface area contributed by atoms with Gasteiger partial charge in [-0.05, 0) is 36.8 Å². The number of hydrogen-bond donors (Lipinski definition) is 1. The Bertz CT molecular complexity index is 1260. The van der Waals surface area contributed by atoms with Gasteiger partial charge in [-0.3, -0.25) is 10.00 Å². The van der Waals surface area contributed by atoms with Crippen LogP contribution in [-0.4, -0.2) is 25.7 Å². The summed E-state index contributed by atoms with van der Waals surface area (Å²) in [7, 11) is 1.89. The van der Waals surface area contributed by atoms with Gasteiger partial charge in [-0.2, -0.15) is 10.2 Å². The molecule has 152 valence electrons. The maximum atomic E-state index is 12.5. The number of fused-ring (bicyclic) bond motifs is 4. The Hall–Kier alpha value is -3.81. The Morgan fingerprint density at radius 1 is 1.27 bits per heavy atom. The molecule has 8 heteroatoms. The standard InChI is InChI=1S/C22H21N5O3/c1-3-27-21(17-13-29-19-7-5-4-6-16(19)20(17)25-27)24-22(28)30-12-14-8-9-18-15(10-14)11-23-26(18)2/h4-11H,3,12-13H2,1-2H3,(H,24,28). The highest BCUT2D eigenvalue weighted by Crippen LogP contribution is 2.39. The first-order chi connectivity index (χ1) is 14.6. The lowest BCUT2D eigenvalue weighted by Crippen LogP contribution is -2.18. The van der Waals surface area contributed by atoms with Gasteiger partial charge in [-0.25, -0.2) is 9.48 Å². The molecule has 30 heavy (non-hydrogen) atoms. The summed E-state index contributed by atoms with van der Waals surface area (Å²) in [6, 6.07) is 13.6. The summed E-state index contributed by atoms with van der Waals surface area (Å²) < 4.78 is 14.9. The third-order valence-electron chi connectivity index (χ3n) is 5.27. The molecule has 3 heterocycles. The molecule has 0 radical (unpaired) electrons. The summed E-state index contributed by atoms with van der Waals surface area (Å²) in [5.41, 5.74) is 4.53. The number of anilines is 1.